The van der Waals surface area contributed by atoms with Crippen LogP contribution in [0, 0.1) is 0 Å². The molecule has 0 fully saturated rings. The van der Waals surface area contributed by atoms with Crippen LogP contribution in [0.25, 0.3) is 5.57 Å². The molecular weight excluding hydrogens is 444 g/mol. The first-order valence-corrected chi connectivity index (χ1v) is 10.6. The van der Waals surface area contributed by atoms with Gasteiger partial charge in [-0.15, -0.1) is 0 Å². The van der Waals surface area contributed by atoms with Gasteiger partial charge in [-0.3, -0.25) is 10.00 Å². The van der Waals surface area contributed by atoms with Crippen LogP contribution in [0.1, 0.15) is 55.7 Å². The average molecular weight is 469 g/mol. The second kappa shape index (κ2) is 9.99. The molecule has 3 nitrogen and oxygen atoms in total. The summed E-state index contributed by atoms with van der Waals surface area (Å²) < 4.78 is 83.1. The molecule has 2 heterocycles. The van der Waals surface area contributed by atoms with Crippen molar-refractivity contribution in [3.63, 3.8) is 0 Å². The number of allylic oxidation sites excluding steroid dienone is 6. The zero-order valence-corrected chi connectivity index (χ0v) is 18.2. The van der Waals surface area contributed by atoms with Crippen LogP contribution < -0.4 is 5.32 Å². The lowest BCUT2D eigenvalue weighted by molar-refractivity contribution is -0.159. The first-order chi connectivity index (χ1) is 15.5. The molecule has 3 rings (SSSR count). The van der Waals surface area contributed by atoms with Gasteiger partial charge in [0.15, 0.2) is 0 Å². The van der Waals surface area contributed by atoms with E-state index in [-0.39, 0.29) is 23.3 Å². The Kier molecular flexibility index (Phi) is 7.51. The van der Waals surface area contributed by atoms with Gasteiger partial charge >= 0.3 is 12.4 Å². The Bertz CT molecular complexity index is 1030. The van der Waals surface area contributed by atoms with Gasteiger partial charge in [0.05, 0.1) is 23.0 Å². The Morgan fingerprint density at radius 3 is 2.45 bits per heavy atom. The van der Waals surface area contributed by atoms with E-state index in [0.29, 0.717) is 18.7 Å². The fourth-order valence-electron chi connectivity index (χ4n) is 3.86. The maximum atomic E-state index is 13.8. The number of hydrogen-bond donors (Lipinski definition) is 1. The van der Waals surface area contributed by atoms with E-state index in [9.17, 15) is 26.3 Å². The van der Waals surface area contributed by atoms with E-state index in [0.717, 1.165) is 12.2 Å². The summed E-state index contributed by atoms with van der Waals surface area (Å²) in [5.74, 6) is 0. The fourth-order valence-corrected chi connectivity index (χ4v) is 3.86. The number of benzene rings is 1. The highest BCUT2D eigenvalue weighted by Gasteiger charge is 2.43. The molecule has 0 spiro atoms. The second-order valence-electron chi connectivity index (χ2n) is 7.74. The Morgan fingerprint density at radius 2 is 1.88 bits per heavy atom. The number of rotatable bonds is 7. The molecule has 9 heteroatoms. The molecule has 178 valence electrons. The van der Waals surface area contributed by atoms with Crippen molar-refractivity contribution >= 4 is 5.57 Å². The smallest absolute Gasteiger partial charge is 0.294 e. The van der Waals surface area contributed by atoms with E-state index in [4.69, 9.17) is 0 Å². The molecule has 1 aliphatic heterocycles. The number of aromatic nitrogens is 2. The van der Waals surface area contributed by atoms with Crippen LogP contribution in [-0.2, 0) is 6.54 Å². The van der Waals surface area contributed by atoms with Crippen molar-refractivity contribution in [3.05, 3.63) is 83.2 Å². The largest absolute Gasteiger partial charge is 0.416 e. The molecule has 33 heavy (non-hydrogen) atoms. The first-order valence-electron chi connectivity index (χ1n) is 10.6. The van der Waals surface area contributed by atoms with Gasteiger partial charge in [0.2, 0.25) is 0 Å². The Morgan fingerprint density at radius 1 is 1.18 bits per heavy atom. The molecule has 1 N–H and O–H groups in total. The molecule has 0 aliphatic carbocycles. The lowest BCUT2D eigenvalue weighted by Crippen LogP contribution is -2.36. The summed E-state index contributed by atoms with van der Waals surface area (Å²) >= 11 is 0. The van der Waals surface area contributed by atoms with Crippen LogP contribution in [0.15, 0.2) is 66.3 Å². The lowest BCUT2D eigenvalue weighted by atomic mass is 10.0. The van der Waals surface area contributed by atoms with Crippen LogP contribution in [-0.4, -0.2) is 22.1 Å². The fraction of sp³-hybridized carbons (Fsp3) is 0.375. The van der Waals surface area contributed by atoms with Gasteiger partial charge in [0, 0.05) is 12.1 Å². The number of nitrogens with one attached hydrogen (secondary N) is 1. The number of hydrogen-bond acceptors (Lipinski definition) is 2. The number of alkyl halides is 6. The molecule has 1 aromatic carbocycles. The summed E-state index contributed by atoms with van der Waals surface area (Å²) in [6.45, 7) is 3.65. The van der Waals surface area contributed by atoms with E-state index in [1.807, 2.05) is 0 Å². The highest BCUT2D eigenvalue weighted by Crippen LogP contribution is 2.38. The number of fused-ring (bicyclic) bond motifs is 1. The predicted octanol–water partition coefficient (Wildman–Crippen LogP) is 7.08. The third-order valence-electron chi connectivity index (χ3n) is 5.33. The normalized spacial score (nSPS) is 18.7. The number of nitrogens with zero attached hydrogens (tertiary/aromatic N) is 2. The molecule has 0 bridgehead atoms. The molecule has 2 atom stereocenters. The first kappa shape index (κ1) is 24.8. The zero-order valence-electron chi connectivity index (χ0n) is 18.2. The predicted molar refractivity (Wildman–Crippen MR) is 115 cm³/mol. The third kappa shape index (κ3) is 5.96. The van der Waals surface area contributed by atoms with Crippen LogP contribution in [0.5, 0.6) is 0 Å². The maximum Gasteiger partial charge on any atom is 0.416 e. The van der Waals surface area contributed by atoms with Gasteiger partial charge in [-0.1, -0.05) is 55.5 Å². The Balaban J connectivity index is 1.94. The highest BCUT2D eigenvalue weighted by atomic mass is 19.4. The molecule has 0 saturated carbocycles. The molecule has 0 radical (unpaired) electrons. The van der Waals surface area contributed by atoms with Crippen LogP contribution >= 0.6 is 0 Å². The van der Waals surface area contributed by atoms with E-state index in [2.05, 4.69) is 10.4 Å². The minimum absolute atomic E-state index is 0.0946. The number of halogens is 6. The summed E-state index contributed by atoms with van der Waals surface area (Å²) in [5.41, 5.74) is 0.340. The summed E-state index contributed by atoms with van der Waals surface area (Å²) in [6.07, 6.45) is -3.21. The Hall–Kier alpha value is -2.81. The van der Waals surface area contributed by atoms with Gasteiger partial charge in [0.1, 0.15) is 6.04 Å². The molecule has 0 amide bonds. The lowest BCUT2D eigenvalue weighted by Gasteiger charge is -2.25. The second-order valence-corrected chi connectivity index (χ2v) is 7.74. The average Bonchev–Trinajstić information content (AvgIpc) is 3.31. The van der Waals surface area contributed by atoms with Crippen molar-refractivity contribution in [3.8, 4) is 0 Å². The zero-order chi connectivity index (χ0) is 24.2. The van der Waals surface area contributed by atoms with E-state index >= 15 is 0 Å². The van der Waals surface area contributed by atoms with E-state index in [1.165, 1.54) is 18.2 Å². The minimum Gasteiger partial charge on any atom is -0.294 e. The monoisotopic (exact) mass is 469 g/mol. The molecular formula is C24H25F6N3. The van der Waals surface area contributed by atoms with Crippen LogP contribution in [0.3, 0.4) is 0 Å². The van der Waals surface area contributed by atoms with Crippen molar-refractivity contribution in [2.24, 2.45) is 0 Å². The van der Waals surface area contributed by atoms with Crippen molar-refractivity contribution in [1.82, 2.24) is 15.1 Å². The highest BCUT2D eigenvalue weighted by molar-refractivity contribution is 5.74. The van der Waals surface area contributed by atoms with Gasteiger partial charge < -0.3 is 0 Å². The number of aryl methyl sites for hydroxylation is 1. The standard InChI is InChI=1S/C24H25F6N3/c1-3-8-17(14-18(9-4-2)23(25,26)27)20-15-21-19(12-13-33(21)32-20)31-22(24(28,29)30)16-10-6-5-7-11-16/h3,5-11,14-15,19,22,31H,4,12-13H2,1-2H3/b8-3-,17-14+,18-9-. The van der Waals surface area contributed by atoms with Crippen LogP contribution in [0.2, 0.25) is 0 Å². The van der Waals surface area contributed by atoms with Gasteiger partial charge in [-0.2, -0.15) is 31.4 Å². The van der Waals surface area contributed by atoms with Crippen molar-refractivity contribution in [1.29, 1.82) is 0 Å². The molecule has 2 unspecified atom stereocenters. The third-order valence-corrected chi connectivity index (χ3v) is 5.33. The molecule has 0 saturated heterocycles. The Labute approximate surface area is 188 Å². The summed E-state index contributed by atoms with van der Waals surface area (Å²) in [4.78, 5) is 0. The topological polar surface area (TPSA) is 29.9 Å². The molecule has 1 aliphatic rings. The van der Waals surface area contributed by atoms with Crippen LogP contribution in [0.4, 0.5) is 26.3 Å². The molecule has 1 aromatic heterocycles. The van der Waals surface area contributed by atoms with Crippen molar-refractivity contribution < 1.29 is 26.3 Å². The molecule has 2 aromatic rings. The maximum absolute atomic E-state index is 13.8. The summed E-state index contributed by atoms with van der Waals surface area (Å²) in [5, 5.41) is 7.06. The van der Waals surface area contributed by atoms with Gasteiger partial charge in [-0.05, 0) is 37.5 Å². The summed E-state index contributed by atoms with van der Waals surface area (Å²) in [7, 11) is 0. The SMILES string of the molecule is C\C=C/C(=C\C(=C\CC)C(F)(F)F)c1cc2n(n1)CCC2NC(c1ccccc1)C(F)(F)F. The van der Waals surface area contributed by atoms with Gasteiger partial charge in [-0.25, -0.2) is 0 Å². The van der Waals surface area contributed by atoms with E-state index in [1.54, 1.807) is 48.9 Å². The van der Waals surface area contributed by atoms with E-state index < -0.39 is 30.0 Å². The van der Waals surface area contributed by atoms with Crippen molar-refractivity contribution in [2.75, 3.05) is 0 Å². The minimum atomic E-state index is -4.52. The quantitative estimate of drug-likeness (QED) is 0.347. The van der Waals surface area contributed by atoms with Crippen molar-refractivity contribution in [2.45, 2.75) is 57.7 Å². The summed E-state index contributed by atoms with van der Waals surface area (Å²) in [6, 6.07) is 6.61. The van der Waals surface area contributed by atoms with Gasteiger partial charge in [0.25, 0.3) is 0 Å².